The average Bonchev–Trinajstić information content (AvgIpc) is 2.98. The summed E-state index contributed by atoms with van der Waals surface area (Å²) in [5.74, 6) is 1.63. The highest BCUT2D eigenvalue weighted by Gasteiger charge is 2.20. The van der Waals surface area contributed by atoms with E-state index in [0.29, 0.717) is 11.7 Å². The molecular weight excluding hydrogens is 252 g/mol. The van der Waals surface area contributed by atoms with Crippen LogP contribution in [0.2, 0.25) is 0 Å². The second kappa shape index (κ2) is 5.53. The number of benzene rings is 1. The van der Waals surface area contributed by atoms with Gasteiger partial charge in [0.1, 0.15) is 12.1 Å². The third kappa shape index (κ3) is 2.35. The lowest BCUT2D eigenvalue weighted by Gasteiger charge is -2.24. The van der Waals surface area contributed by atoms with Crippen molar-refractivity contribution in [2.45, 2.75) is 38.1 Å². The molecule has 20 heavy (non-hydrogen) atoms. The standard InChI is InChI=1S/C15H20N4O/c1-20-12-7-8-14(16)13(9-12)15-18-17-10-19(15)11-5-3-2-4-6-11/h7-11H,2-6,16H2,1H3. The van der Waals surface area contributed by atoms with Gasteiger partial charge in [0.25, 0.3) is 0 Å². The van der Waals surface area contributed by atoms with Crippen molar-refractivity contribution in [3.8, 4) is 17.1 Å². The first-order valence-corrected chi connectivity index (χ1v) is 7.13. The first kappa shape index (κ1) is 13.0. The maximum Gasteiger partial charge on any atom is 0.166 e. The van der Waals surface area contributed by atoms with Crippen molar-refractivity contribution < 1.29 is 4.74 Å². The smallest absolute Gasteiger partial charge is 0.166 e. The number of hydrogen-bond donors (Lipinski definition) is 1. The number of methoxy groups -OCH3 is 1. The summed E-state index contributed by atoms with van der Waals surface area (Å²) in [6.07, 6.45) is 8.08. The highest BCUT2D eigenvalue weighted by Crippen LogP contribution is 2.34. The third-order valence-corrected chi connectivity index (χ3v) is 4.04. The summed E-state index contributed by atoms with van der Waals surface area (Å²) in [5, 5.41) is 8.36. The number of aromatic nitrogens is 3. The summed E-state index contributed by atoms with van der Waals surface area (Å²) >= 11 is 0. The van der Waals surface area contributed by atoms with Gasteiger partial charge in [0.2, 0.25) is 0 Å². The molecule has 0 spiro atoms. The normalized spacial score (nSPS) is 16.2. The zero-order valence-corrected chi connectivity index (χ0v) is 11.7. The average molecular weight is 272 g/mol. The van der Waals surface area contributed by atoms with Crippen LogP contribution in [0, 0.1) is 0 Å². The number of nitrogen functional groups attached to an aromatic ring is 1. The minimum absolute atomic E-state index is 0.486. The van der Waals surface area contributed by atoms with Crippen LogP contribution in [0.3, 0.4) is 0 Å². The van der Waals surface area contributed by atoms with Crippen molar-refractivity contribution >= 4 is 5.69 Å². The van der Waals surface area contributed by atoms with Gasteiger partial charge in [-0.25, -0.2) is 0 Å². The van der Waals surface area contributed by atoms with Crippen LogP contribution in [0.15, 0.2) is 24.5 Å². The number of rotatable bonds is 3. The van der Waals surface area contributed by atoms with E-state index in [9.17, 15) is 0 Å². The van der Waals surface area contributed by atoms with Crippen molar-refractivity contribution in [1.29, 1.82) is 0 Å². The van der Waals surface area contributed by atoms with Crippen molar-refractivity contribution in [2.24, 2.45) is 0 Å². The number of nitrogens with two attached hydrogens (primary N) is 1. The highest BCUT2D eigenvalue weighted by atomic mass is 16.5. The fraction of sp³-hybridized carbons (Fsp3) is 0.467. The molecule has 1 aromatic carbocycles. The molecule has 1 fully saturated rings. The second-order valence-corrected chi connectivity index (χ2v) is 5.31. The van der Waals surface area contributed by atoms with E-state index in [-0.39, 0.29) is 0 Å². The lowest BCUT2D eigenvalue weighted by molar-refractivity contribution is 0.355. The summed E-state index contributed by atoms with van der Waals surface area (Å²) in [6.45, 7) is 0. The number of anilines is 1. The molecule has 0 amide bonds. The molecule has 0 unspecified atom stereocenters. The van der Waals surface area contributed by atoms with E-state index in [1.54, 1.807) is 7.11 Å². The van der Waals surface area contributed by atoms with E-state index < -0.39 is 0 Å². The minimum Gasteiger partial charge on any atom is -0.497 e. The molecule has 3 rings (SSSR count). The molecular formula is C15H20N4O. The molecule has 1 aliphatic rings. The molecule has 5 heteroatoms. The van der Waals surface area contributed by atoms with E-state index in [4.69, 9.17) is 10.5 Å². The Morgan fingerprint density at radius 3 is 2.80 bits per heavy atom. The van der Waals surface area contributed by atoms with Gasteiger partial charge in [-0.15, -0.1) is 10.2 Å². The topological polar surface area (TPSA) is 66.0 Å². The van der Waals surface area contributed by atoms with Gasteiger partial charge in [0.15, 0.2) is 5.82 Å². The quantitative estimate of drug-likeness (QED) is 0.872. The molecule has 1 aliphatic carbocycles. The molecule has 1 saturated carbocycles. The molecule has 1 heterocycles. The van der Waals surface area contributed by atoms with Crippen molar-refractivity contribution in [3.63, 3.8) is 0 Å². The Hall–Kier alpha value is -2.04. The van der Waals surface area contributed by atoms with Gasteiger partial charge in [-0.1, -0.05) is 19.3 Å². The molecule has 5 nitrogen and oxygen atoms in total. The largest absolute Gasteiger partial charge is 0.497 e. The predicted octanol–water partition coefficient (Wildman–Crippen LogP) is 3.04. The van der Waals surface area contributed by atoms with Crippen LogP contribution < -0.4 is 10.5 Å². The van der Waals surface area contributed by atoms with Gasteiger partial charge in [-0.2, -0.15) is 0 Å². The van der Waals surface area contributed by atoms with Crippen molar-refractivity contribution in [2.75, 3.05) is 12.8 Å². The van der Waals surface area contributed by atoms with E-state index in [1.165, 1.54) is 32.1 Å². The zero-order chi connectivity index (χ0) is 13.9. The fourth-order valence-electron chi connectivity index (χ4n) is 2.92. The highest BCUT2D eigenvalue weighted by molar-refractivity contribution is 5.73. The summed E-state index contributed by atoms with van der Waals surface area (Å²) in [4.78, 5) is 0. The summed E-state index contributed by atoms with van der Waals surface area (Å²) in [5.41, 5.74) is 7.70. The Bertz CT molecular complexity index is 587. The number of hydrogen-bond acceptors (Lipinski definition) is 4. The maximum absolute atomic E-state index is 6.10. The Labute approximate surface area is 118 Å². The van der Waals surface area contributed by atoms with E-state index >= 15 is 0 Å². The lowest BCUT2D eigenvalue weighted by atomic mass is 9.95. The molecule has 0 bridgehead atoms. The van der Waals surface area contributed by atoms with Gasteiger partial charge in [-0.05, 0) is 31.0 Å². The van der Waals surface area contributed by atoms with Crippen molar-refractivity contribution in [1.82, 2.24) is 14.8 Å². The van der Waals surface area contributed by atoms with Crippen LogP contribution in [-0.4, -0.2) is 21.9 Å². The van der Waals surface area contributed by atoms with Crippen LogP contribution in [0.5, 0.6) is 5.75 Å². The molecule has 0 radical (unpaired) electrons. The van der Waals surface area contributed by atoms with Crippen LogP contribution in [-0.2, 0) is 0 Å². The van der Waals surface area contributed by atoms with Gasteiger partial charge in [0.05, 0.1) is 7.11 Å². The SMILES string of the molecule is COc1ccc(N)c(-c2nncn2C2CCCCC2)c1. The summed E-state index contributed by atoms with van der Waals surface area (Å²) in [6, 6.07) is 6.13. The summed E-state index contributed by atoms with van der Waals surface area (Å²) < 4.78 is 7.45. The van der Waals surface area contributed by atoms with Gasteiger partial charge in [0, 0.05) is 17.3 Å². The Morgan fingerprint density at radius 2 is 2.05 bits per heavy atom. The monoisotopic (exact) mass is 272 g/mol. The number of nitrogens with zero attached hydrogens (tertiary/aromatic N) is 3. The fourth-order valence-corrected chi connectivity index (χ4v) is 2.92. The van der Waals surface area contributed by atoms with Crippen LogP contribution in [0.4, 0.5) is 5.69 Å². The predicted molar refractivity (Wildman–Crippen MR) is 78.5 cm³/mol. The summed E-state index contributed by atoms with van der Waals surface area (Å²) in [7, 11) is 1.65. The molecule has 1 aromatic heterocycles. The van der Waals surface area contributed by atoms with Gasteiger partial charge < -0.3 is 15.0 Å². The van der Waals surface area contributed by atoms with E-state index in [2.05, 4.69) is 14.8 Å². The van der Waals surface area contributed by atoms with E-state index in [1.807, 2.05) is 24.5 Å². The second-order valence-electron chi connectivity index (χ2n) is 5.31. The first-order valence-electron chi connectivity index (χ1n) is 7.13. The third-order valence-electron chi connectivity index (χ3n) is 4.04. The van der Waals surface area contributed by atoms with E-state index in [0.717, 1.165) is 17.1 Å². The van der Waals surface area contributed by atoms with Gasteiger partial charge in [-0.3, -0.25) is 0 Å². The van der Waals surface area contributed by atoms with Crippen LogP contribution in [0.1, 0.15) is 38.1 Å². The molecule has 2 aromatic rings. The van der Waals surface area contributed by atoms with Crippen LogP contribution in [0.25, 0.3) is 11.4 Å². The minimum atomic E-state index is 0.486. The Morgan fingerprint density at radius 1 is 1.25 bits per heavy atom. The molecule has 0 atom stereocenters. The Balaban J connectivity index is 2.00. The Kier molecular flexibility index (Phi) is 3.58. The molecule has 0 saturated heterocycles. The molecule has 0 aliphatic heterocycles. The zero-order valence-electron chi connectivity index (χ0n) is 11.7. The maximum atomic E-state index is 6.10. The number of ether oxygens (including phenoxy) is 1. The lowest BCUT2D eigenvalue weighted by Crippen LogP contribution is -2.13. The molecule has 106 valence electrons. The van der Waals surface area contributed by atoms with Crippen molar-refractivity contribution in [3.05, 3.63) is 24.5 Å². The first-order chi connectivity index (χ1) is 9.79. The van der Waals surface area contributed by atoms with Crippen LogP contribution >= 0.6 is 0 Å². The van der Waals surface area contributed by atoms with Gasteiger partial charge >= 0.3 is 0 Å². The molecule has 2 N–H and O–H groups in total.